The maximum atomic E-state index is 3.94. The average molecular weight is 314 g/mol. The van der Waals surface area contributed by atoms with Crippen molar-refractivity contribution in [2.24, 2.45) is 0 Å². The van der Waals surface area contributed by atoms with Crippen LogP contribution in [0.25, 0.3) is 17.2 Å². The highest BCUT2D eigenvalue weighted by Crippen LogP contribution is 2.19. The SMILES string of the molecule is C=C/C(=C\C=C(C)C)c1ccc(/C(C)=c2\cccc\c2=C\C)cc1. The van der Waals surface area contributed by atoms with Gasteiger partial charge in [0, 0.05) is 0 Å². The van der Waals surface area contributed by atoms with E-state index in [-0.39, 0.29) is 0 Å². The first-order chi connectivity index (χ1) is 11.6. The van der Waals surface area contributed by atoms with Gasteiger partial charge in [-0.05, 0) is 60.4 Å². The maximum absolute atomic E-state index is 3.94. The molecule has 0 amide bonds. The van der Waals surface area contributed by atoms with Crippen molar-refractivity contribution < 1.29 is 0 Å². The molecule has 0 N–H and O–H groups in total. The number of benzene rings is 2. The van der Waals surface area contributed by atoms with E-state index >= 15 is 0 Å². The molecule has 0 nitrogen and oxygen atoms in total. The monoisotopic (exact) mass is 314 g/mol. The van der Waals surface area contributed by atoms with Crippen LogP contribution in [-0.2, 0) is 0 Å². The third-order valence-corrected chi connectivity index (χ3v) is 4.14. The summed E-state index contributed by atoms with van der Waals surface area (Å²) in [7, 11) is 0. The highest BCUT2D eigenvalue weighted by Gasteiger charge is 2.01. The van der Waals surface area contributed by atoms with Crippen LogP contribution in [0.3, 0.4) is 0 Å². The highest BCUT2D eigenvalue weighted by molar-refractivity contribution is 5.76. The lowest BCUT2D eigenvalue weighted by molar-refractivity contribution is 1.39. The Balaban J connectivity index is 2.48. The van der Waals surface area contributed by atoms with E-state index in [0.717, 1.165) is 5.57 Å². The van der Waals surface area contributed by atoms with Crippen LogP contribution in [0.15, 0.2) is 78.9 Å². The van der Waals surface area contributed by atoms with E-state index in [1.54, 1.807) is 0 Å². The molecule has 2 rings (SSSR count). The summed E-state index contributed by atoms with van der Waals surface area (Å²) in [4.78, 5) is 0. The fraction of sp³-hybridized carbons (Fsp3) is 0.167. The number of hydrogen-bond acceptors (Lipinski definition) is 0. The van der Waals surface area contributed by atoms with Gasteiger partial charge in [0.05, 0.1) is 0 Å². The van der Waals surface area contributed by atoms with E-state index in [0.29, 0.717) is 0 Å². The summed E-state index contributed by atoms with van der Waals surface area (Å²) in [6.07, 6.45) is 8.31. The van der Waals surface area contributed by atoms with Gasteiger partial charge in [-0.1, -0.05) is 85.0 Å². The molecule has 0 heteroatoms. The van der Waals surface area contributed by atoms with Gasteiger partial charge < -0.3 is 0 Å². The molecule has 0 atom stereocenters. The zero-order valence-electron chi connectivity index (χ0n) is 15.1. The molecule has 0 unspecified atom stereocenters. The molecule has 0 bridgehead atoms. The van der Waals surface area contributed by atoms with Crippen LogP contribution < -0.4 is 10.4 Å². The molecule has 2 aromatic carbocycles. The molecule has 2 aromatic rings. The maximum Gasteiger partial charge on any atom is -0.0152 e. The molecule has 0 radical (unpaired) electrons. The Morgan fingerprint density at radius 2 is 1.46 bits per heavy atom. The largest absolute Gasteiger partial charge is 0.0984 e. The van der Waals surface area contributed by atoms with E-state index < -0.39 is 0 Å². The molecule has 0 aliphatic carbocycles. The molecule has 24 heavy (non-hydrogen) atoms. The molecule has 122 valence electrons. The fourth-order valence-corrected chi connectivity index (χ4v) is 2.70. The lowest BCUT2D eigenvalue weighted by Gasteiger charge is -2.06. The van der Waals surface area contributed by atoms with E-state index in [4.69, 9.17) is 0 Å². The summed E-state index contributed by atoms with van der Waals surface area (Å²) < 4.78 is 0. The van der Waals surface area contributed by atoms with Gasteiger partial charge in [0.25, 0.3) is 0 Å². The van der Waals surface area contributed by atoms with Crippen molar-refractivity contribution >= 4 is 17.2 Å². The lowest BCUT2D eigenvalue weighted by Crippen LogP contribution is -2.25. The van der Waals surface area contributed by atoms with Gasteiger partial charge >= 0.3 is 0 Å². The first-order valence-electron chi connectivity index (χ1n) is 8.37. The normalized spacial score (nSPS) is 13.5. The van der Waals surface area contributed by atoms with Gasteiger partial charge in [-0.2, -0.15) is 0 Å². The first kappa shape index (κ1) is 17.7. The Kier molecular flexibility index (Phi) is 6.14. The van der Waals surface area contributed by atoms with Crippen LogP contribution in [0.2, 0.25) is 0 Å². The Bertz CT molecular complexity index is 884. The number of rotatable bonds is 4. The van der Waals surface area contributed by atoms with Crippen molar-refractivity contribution in [1.29, 1.82) is 0 Å². The quantitative estimate of drug-likeness (QED) is 0.677. The lowest BCUT2D eigenvalue weighted by atomic mass is 9.98. The van der Waals surface area contributed by atoms with Gasteiger partial charge in [0.15, 0.2) is 0 Å². The minimum Gasteiger partial charge on any atom is -0.0984 e. The minimum atomic E-state index is 1.14. The standard InChI is InChI=1S/C24H26/c1-6-20(13-12-18(3)4)23-16-14-22(15-17-23)19(5)24-11-9-8-10-21(24)7-2/h6-17H,1H2,2-5H3/b20-13+,21-7-,24-19+. The van der Waals surface area contributed by atoms with Crippen LogP contribution in [-0.4, -0.2) is 0 Å². The summed E-state index contributed by atoms with van der Waals surface area (Å²) in [5.74, 6) is 0. The summed E-state index contributed by atoms with van der Waals surface area (Å²) in [5.41, 5.74) is 6.15. The van der Waals surface area contributed by atoms with Crippen molar-refractivity contribution in [3.8, 4) is 0 Å². The molecule has 0 fully saturated rings. The van der Waals surface area contributed by atoms with Crippen LogP contribution in [0.4, 0.5) is 0 Å². The van der Waals surface area contributed by atoms with Crippen LogP contribution in [0.5, 0.6) is 0 Å². The van der Waals surface area contributed by atoms with Crippen LogP contribution in [0.1, 0.15) is 38.8 Å². The fourth-order valence-electron chi connectivity index (χ4n) is 2.70. The molecule has 0 aromatic heterocycles. The smallest absolute Gasteiger partial charge is 0.0152 e. The van der Waals surface area contributed by atoms with Gasteiger partial charge in [0.2, 0.25) is 0 Å². The van der Waals surface area contributed by atoms with Crippen molar-refractivity contribution in [3.63, 3.8) is 0 Å². The Morgan fingerprint density at radius 3 is 2.04 bits per heavy atom. The molecular weight excluding hydrogens is 288 g/mol. The summed E-state index contributed by atoms with van der Waals surface area (Å²) in [6, 6.07) is 17.2. The molecule has 0 saturated heterocycles. The second kappa shape index (κ2) is 8.31. The van der Waals surface area contributed by atoms with Gasteiger partial charge in [-0.15, -0.1) is 0 Å². The van der Waals surface area contributed by atoms with Crippen LogP contribution >= 0.6 is 0 Å². The summed E-state index contributed by atoms with van der Waals surface area (Å²) in [5, 5.41) is 2.56. The van der Waals surface area contributed by atoms with Crippen molar-refractivity contribution in [2.75, 3.05) is 0 Å². The predicted molar refractivity (Wildman–Crippen MR) is 108 cm³/mol. The number of hydrogen-bond donors (Lipinski definition) is 0. The second-order valence-electron chi connectivity index (χ2n) is 6.15. The second-order valence-corrected chi connectivity index (χ2v) is 6.15. The highest BCUT2D eigenvalue weighted by atomic mass is 14.1. The molecule has 0 aliphatic rings. The Labute approximate surface area is 145 Å². The van der Waals surface area contributed by atoms with E-state index in [1.165, 1.54) is 32.7 Å². The topological polar surface area (TPSA) is 0 Å². The van der Waals surface area contributed by atoms with Gasteiger partial charge in [0.1, 0.15) is 0 Å². The Morgan fingerprint density at radius 1 is 0.833 bits per heavy atom. The van der Waals surface area contributed by atoms with Gasteiger partial charge in [-0.25, -0.2) is 0 Å². The van der Waals surface area contributed by atoms with Gasteiger partial charge in [-0.3, -0.25) is 0 Å². The zero-order valence-corrected chi connectivity index (χ0v) is 15.1. The third kappa shape index (κ3) is 4.23. The molecule has 0 saturated carbocycles. The minimum absolute atomic E-state index is 1.14. The molecule has 0 aliphatic heterocycles. The summed E-state index contributed by atoms with van der Waals surface area (Å²) >= 11 is 0. The third-order valence-electron chi connectivity index (χ3n) is 4.14. The Hall–Kier alpha value is -2.60. The molecule has 0 heterocycles. The van der Waals surface area contributed by atoms with E-state index in [1.807, 2.05) is 6.08 Å². The van der Waals surface area contributed by atoms with Crippen molar-refractivity contribution in [3.05, 3.63) is 100 Å². The van der Waals surface area contributed by atoms with Crippen molar-refractivity contribution in [1.82, 2.24) is 0 Å². The van der Waals surface area contributed by atoms with Crippen LogP contribution in [0, 0.1) is 0 Å². The first-order valence-corrected chi connectivity index (χ1v) is 8.37. The van der Waals surface area contributed by atoms with Crippen molar-refractivity contribution in [2.45, 2.75) is 27.7 Å². The van der Waals surface area contributed by atoms with E-state index in [9.17, 15) is 0 Å². The molecular formula is C24H26. The molecule has 0 spiro atoms. The summed E-state index contributed by atoms with van der Waals surface area (Å²) in [6.45, 7) is 12.4. The average Bonchev–Trinajstić information content (AvgIpc) is 2.62. The predicted octanol–water partition coefficient (Wildman–Crippen LogP) is 5.24. The zero-order chi connectivity index (χ0) is 17.5. The number of allylic oxidation sites excluding steroid dienone is 5. The van der Waals surface area contributed by atoms with E-state index in [2.05, 4.69) is 101 Å².